The van der Waals surface area contributed by atoms with Gasteiger partial charge in [-0.25, -0.2) is 0 Å². The van der Waals surface area contributed by atoms with Gasteiger partial charge in [0.05, 0.1) is 12.2 Å². The fourth-order valence-electron chi connectivity index (χ4n) is 2.71. The van der Waals surface area contributed by atoms with E-state index in [2.05, 4.69) is 0 Å². The molecule has 1 fully saturated rings. The molecule has 1 aromatic rings. The fourth-order valence-corrected chi connectivity index (χ4v) is 2.71. The molecular weight excluding hydrogens is 260 g/mol. The first kappa shape index (κ1) is 12.9. The van der Waals surface area contributed by atoms with E-state index < -0.39 is 36.0 Å². The van der Waals surface area contributed by atoms with Crippen molar-refractivity contribution >= 4 is 11.9 Å². The Morgan fingerprint density at radius 3 is 2.40 bits per heavy atom. The number of hydrogen-bond donors (Lipinski definition) is 1. The summed E-state index contributed by atoms with van der Waals surface area (Å²) in [4.78, 5) is 23.4. The molecule has 0 saturated carbocycles. The van der Waals surface area contributed by atoms with Gasteiger partial charge in [-0.05, 0) is 5.56 Å². The van der Waals surface area contributed by atoms with Crippen LogP contribution in [0.15, 0.2) is 42.5 Å². The largest absolute Gasteiger partial charge is 0.481 e. The molecule has 2 heterocycles. The number of aliphatic carboxylic acids is 1. The molecule has 2 aliphatic heterocycles. The van der Waals surface area contributed by atoms with E-state index in [1.54, 1.807) is 12.2 Å². The zero-order chi connectivity index (χ0) is 14.1. The lowest BCUT2D eigenvalue weighted by Crippen LogP contribution is -2.37. The highest BCUT2D eigenvalue weighted by molar-refractivity contribution is 5.84. The average Bonchev–Trinajstić information content (AvgIpc) is 3.06. The SMILES string of the molecule is O=C(OCc1ccccc1)[C@@H]1[C@H](C(=O)O)[C@H]2C=C[C@@H]1O2. The highest BCUT2D eigenvalue weighted by Crippen LogP contribution is 2.40. The Hall–Kier alpha value is -2.14. The summed E-state index contributed by atoms with van der Waals surface area (Å²) in [7, 11) is 0. The number of carbonyl (C=O) groups excluding carboxylic acids is 1. The minimum Gasteiger partial charge on any atom is -0.481 e. The molecule has 2 bridgehead atoms. The first-order chi connectivity index (χ1) is 9.66. The lowest BCUT2D eigenvalue weighted by atomic mass is 9.83. The number of carboxylic acids is 1. The van der Waals surface area contributed by atoms with E-state index in [-0.39, 0.29) is 6.61 Å². The van der Waals surface area contributed by atoms with Gasteiger partial charge in [0.2, 0.25) is 0 Å². The van der Waals surface area contributed by atoms with E-state index in [9.17, 15) is 14.7 Å². The first-order valence-electron chi connectivity index (χ1n) is 6.44. The van der Waals surface area contributed by atoms with E-state index in [0.29, 0.717) is 0 Å². The second-order valence-electron chi connectivity index (χ2n) is 4.93. The van der Waals surface area contributed by atoms with Gasteiger partial charge < -0.3 is 14.6 Å². The third kappa shape index (κ3) is 2.20. The van der Waals surface area contributed by atoms with Gasteiger partial charge in [0, 0.05) is 0 Å². The monoisotopic (exact) mass is 274 g/mol. The smallest absolute Gasteiger partial charge is 0.313 e. The molecule has 3 rings (SSSR count). The van der Waals surface area contributed by atoms with E-state index >= 15 is 0 Å². The van der Waals surface area contributed by atoms with E-state index in [4.69, 9.17) is 9.47 Å². The second-order valence-corrected chi connectivity index (χ2v) is 4.93. The van der Waals surface area contributed by atoms with E-state index in [1.165, 1.54) is 0 Å². The molecule has 0 spiro atoms. The predicted octanol–water partition coefficient (Wildman–Crippen LogP) is 1.38. The molecule has 20 heavy (non-hydrogen) atoms. The molecule has 1 aromatic carbocycles. The Bertz CT molecular complexity index is 551. The number of hydrogen-bond acceptors (Lipinski definition) is 4. The van der Waals surface area contributed by atoms with E-state index in [0.717, 1.165) is 5.56 Å². The average molecular weight is 274 g/mol. The summed E-state index contributed by atoms with van der Waals surface area (Å²) in [5, 5.41) is 9.22. The van der Waals surface area contributed by atoms with Crippen LogP contribution in [0.3, 0.4) is 0 Å². The minimum absolute atomic E-state index is 0.142. The summed E-state index contributed by atoms with van der Waals surface area (Å²) >= 11 is 0. The number of carbonyl (C=O) groups is 2. The molecule has 4 atom stereocenters. The van der Waals surface area contributed by atoms with Gasteiger partial charge in [0.15, 0.2) is 0 Å². The number of carboxylic acid groups (broad SMARTS) is 1. The van der Waals surface area contributed by atoms with Gasteiger partial charge in [-0.2, -0.15) is 0 Å². The normalized spacial score (nSPS) is 30.4. The topological polar surface area (TPSA) is 72.8 Å². The maximum Gasteiger partial charge on any atom is 0.313 e. The Labute approximate surface area is 115 Å². The molecule has 104 valence electrons. The summed E-state index contributed by atoms with van der Waals surface area (Å²) in [6.45, 7) is 0.142. The molecule has 1 saturated heterocycles. The number of ether oxygens (including phenoxy) is 2. The van der Waals surface area contributed by atoms with Crippen LogP contribution >= 0.6 is 0 Å². The summed E-state index contributed by atoms with van der Waals surface area (Å²) in [5.41, 5.74) is 0.868. The maximum atomic E-state index is 12.1. The van der Waals surface area contributed by atoms with Gasteiger partial charge >= 0.3 is 11.9 Å². The Morgan fingerprint density at radius 1 is 1.10 bits per heavy atom. The highest BCUT2D eigenvalue weighted by atomic mass is 16.5. The van der Waals surface area contributed by atoms with Crippen molar-refractivity contribution in [2.24, 2.45) is 11.8 Å². The quantitative estimate of drug-likeness (QED) is 0.663. The molecule has 0 radical (unpaired) electrons. The van der Waals surface area contributed by atoms with Crippen molar-refractivity contribution in [1.29, 1.82) is 0 Å². The van der Waals surface area contributed by atoms with Crippen molar-refractivity contribution in [3.05, 3.63) is 48.0 Å². The fraction of sp³-hybridized carbons (Fsp3) is 0.333. The van der Waals surface area contributed by atoms with Crippen molar-refractivity contribution in [1.82, 2.24) is 0 Å². The number of fused-ring (bicyclic) bond motifs is 2. The van der Waals surface area contributed by atoms with Gasteiger partial charge in [-0.15, -0.1) is 0 Å². The predicted molar refractivity (Wildman–Crippen MR) is 68.7 cm³/mol. The molecule has 0 aliphatic carbocycles. The van der Waals surface area contributed by atoms with Gasteiger partial charge in [-0.3, -0.25) is 9.59 Å². The highest BCUT2D eigenvalue weighted by Gasteiger charge is 2.54. The number of benzene rings is 1. The number of rotatable bonds is 4. The minimum atomic E-state index is -1.02. The third-order valence-corrected chi connectivity index (χ3v) is 3.68. The van der Waals surface area contributed by atoms with Crippen molar-refractivity contribution in [2.75, 3.05) is 0 Å². The van der Waals surface area contributed by atoms with Crippen LogP contribution in [0.1, 0.15) is 5.56 Å². The van der Waals surface area contributed by atoms with Gasteiger partial charge in [-0.1, -0.05) is 42.5 Å². The molecule has 0 unspecified atom stereocenters. The van der Waals surface area contributed by atoms with E-state index in [1.807, 2.05) is 30.3 Å². The lowest BCUT2D eigenvalue weighted by molar-refractivity contribution is -0.157. The summed E-state index contributed by atoms with van der Waals surface area (Å²) in [6.07, 6.45) is 2.43. The van der Waals surface area contributed by atoms with Crippen LogP contribution < -0.4 is 0 Å². The Morgan fingerprint density at radius 2 is 1.75 bits per heavy atom. The van der Waals surface area contributed by atoms with Crippen molar-refractivity contribution in [3.63, 3.8) is 0 Å². The molecule has 5 heteroatoms. The maximum absolute atomic E-state index is 12.1. The van der Waals surface area contributed by atoms with Crippen molar-refractivity contribution in [3.8, 4) is 0 Å². The molecular formula is C15H14O5. The molecule has 0 aromatic heterocycles. The van der Waals surface area contributed by atoms with Crippen LogP contribution in [-0.2, 0) is 25.7 Å². The van der Waals surface area contributed by atoms with Crippen molar-refractivity contribution < 1.29 is 24.2 Å². The Balaban J connectivity index is 1.68. The summed E-state index contributed by atoms with van der Waals surface area (Å²) in [6, 6.07) is 9.28. The van der Waals surface area contributed by atoms with Crippen LogP contribution in [0.2, 0.25) is 0 Å². The van der Waals surface area contributed by atoms with Crippen LogP contribution in [0.25, 0.3) is 0 Å². The lowest BCUT2D eigenvalue weighted by Gasteiger charge is -2.20. The molecule has 5 nitrogen and oxygen atoms in total. The standard InChI is InChI=1S/C15H14O5/c16-14(17)12-10-6-7-11(20-10)13(12)15(18)19-8-9-4-2-1-3-5-9/h1-7,10-13H,8H2,(H,16,17)/t10-,11+,12-,13+/m1/s1. The summed E-state index contributed by atoms with van der Waals surface area (Å²) in [5.74, 6) is -3.15. The third-order valence-electron chi connectivity index (χ3n) is 3.68. The van der Waals surface area contributed by atoms with Crippen LogP contribution in [0.4, 0.5) is 0 Å². The number of esters is 1. The molecule has 1 N–H and O–H groups in total. The second kappa shape index (κ2) is 5.09. The molecule has 2 aliphatic rings. The first-order valence-corrected chi connectivity index (χ1v) is 6.44. The van der Waals surface area contributed by atoms with Gasteiger partial charge in [0.1, 0.15) is 18.4 Å². The van der Waals surface area contributed by atoms with Gasteiger partial charge in [0.25, 0.3) is 0 Å². The Kier molecular flexibility index (Phi) is 3.28. The van der Waals surface area contributed by atoms with Crippen LogP contribution in [0, 0.1) is 11.8 Å². The summed E-state index contributed by atoms with van der Waals surface area (Å²) < 4.78 is 10.7. The van der Waals surface area contributed by atoms with Crippen LogP contribution in [0.5, 0.6) is 0 Å². The van der Waals surface area contributed by atoms with Crippen LogP contribution in [-0.4, -0.2) is 29.3 Å². The molecule has 0 amide bonds. The zero-order valence-corrected chi connectivity index (χ0v) is 10.6. The zero-order valence-electron chi connectivity index (χ0n) is 10.6. The van der Waals surface area contributed by atoms with Crippen molar-refractivity contribution in [2.45, 2.75) is 18.8 Å².